The smallest absolute Gasteiger partial charge is 0.407 e. The largest absolute Gasteiger partial charge is 0.468 e. The lowest BCUT2D eigenvalue weighted by molar-refractivity contribution is -0.757. The minimum atomic E-state index is -0.847. The Labute approximate surface area is 165 Å². The average Bonchev–Trinajstić information content (AvgIpc) is 2.57. The third-order valence-electron chi connectivity index (χ3n) is 3.07. The monoisotopic (exact) mass is 398 g/mol. The molecule has 0 aliphatic carbocycles. The summed E-state index contributed by atoms with van der Waals surface area (Å²) in [5.74, 6) is 0. The zero-order valence-electron chi connectivity index (χ0n) is 16.9. The molecule has 9 nitrogen and oxygen atoms in total. The van der Waals surface area contributed by atoms with E-state index >= 15 is 0 Å². The van der Waals surface area contributed by atoms with Gasteiger partial charge in [0.25, 0.3) is 11.6 Å². The molecule has 1 aromatic carbocycles. The van der Waals surface area contributed by atoms with Crippen molar-refractivity contribution in [3.05, 3.63) is 46.0 Å². The highest BCUT2D eigenvalue weighted by Crippen LogP contribution is 2.08. The average molecular weight is 398 g/mol. The number of carbonyl (C=O) groups is 2. The van der Waals surface area contributed by atoms with Crippen molar-refractivity contribution in [1.29, 1.82) is 0 Å². The second kappa shape index (κ2) is 14.2. The number of carbonyl (C=O) groups excluding carboxylic acids is 2. The van der Waals surface area contributed by atoms with Crippen LogP contribution in [-0.2, 0) is 25.5 Å². The quantitative estimate of drug-likeness (QED) is 0.278. The van der Waals surface area contributed by atoms with E-state index in [2.05, 4.69) is 14.9 Å². The Hall–Kier alpha value is -2.84. The molecule has 1 atom stereocenters. The summed E-state index contributed by atoms with van der Waals surface area (Å²) in [7, 11) is 0. The van der Waals surface area contributed by atoms with Crippen molar-refractivity contribution in [2.75, 3.05) is 13.2 Å². The van der Waals surface area contributed by atoms with Gasteiger partial charge in [-0.3, -0.25) is 4.79 Å². The number of amides is 1. The molecule has 28 heavy (non-hydrogen) atoms. The van der Waals surface area contributed by atoms with Gasteiger partial charge >= 0.3 is 6.09 Å². The fraction of sp³-hybridized carbons (Fsp3) is 0.579. The number of benzene rings is 1. The summed E-state index contributed by atoms with van der Waals surface area (Å²) in [5, 5.41) is 11.6. The van der Waals surface area contributed by atoms with E-state index in [0.717, 1.165) is 6.42 Å². The Balaban J connectivity index is 0.000000576. The normalized spacial score (nSPS) is 11.3. The van der Waals surface area contributed by atoms with Gasteiger partial charge in [0, 0.05) is 6.04 Å². The van der Waals surface area contributed by atoms with E-state index in [-0.39, 0.29) is 25.3 Å². The summed E-state index contributed by atoms with van der Waals surface area (Å²) in [6.45, 7) is 8.21. The fourth-order valence-corrected chi connectivity index (χ4v) is 2.00. The van der Waals surface area contributed by atoms with E-state index in [1.807, 2.05) is 58.0 Å². The van der Waals surface area contributed by atoms with E-state index in [9.17, 15) is 19.7 Å². The highest BCUT2D eigenvalue weighted by molar-refractivity contribution is 5.68. The first-order chi connectivity index (χ1) is 13.1. The van der Waals surface area contributed by atoms with E-state index in [0.29, 0.717) is 19.3 Å². The lowest BCUT2D eigenvalue weighted by atomic mass is 10.1. The number of nitrogens with zero attached hydrogens (tertiary/aromatic N) is 1. The lowest BCUT2D eigenvalue weighted by Crippen LogP contribution is -2.38. The summed E-state index contributed by atoms with van der Waals surface area (Å²) in [5.41, 5.74) is 0.757. The van der Waals surface area contributed by atoms with Gasteiger partial charge in [-0.2, -0.15) is 0 Å². The third-order valence-corrected chi connectivity index (χ3v) is 3.07. The van der Waals surface area contributed by atoms with Gasteiger partial charge < -0.3 is 19.6 Å². The van der Waals surface area contributed by atoms with Crippen molar-refractivity contribution in [1.82, 2.24) is 5.32 Å². The third kappa shape index (κ3) is 16.6. The van der Waals surface area contributed by atoms with Crippen LogP contribution in [0.5, 0.6) is 0 Å². The van der Waals surface area contributed by atoms with Gasteiger partial charge in [0.05, 0.1) is 13.2 Å². The highest BCUT2D eigenvalue weighted by atomic mass is 16.9. The molecular formula is C19H30N2O7. The van der Waals surface area contributed by atoms with Crippen LogP contribution in [0.1, 0.15) is 46.1 Å². The van der Waals surface area contributed by atoms with E-state index < -0.39 is 10.7 Å². The molecule has 0 bridgehead atoms. The first-order valence-corrected chi connectivity index (χ1v) is 9.00. The molecule has 0 aromatic heterocycles. The molecule has 1 rings (SSSR count). The molecule has 9 heteroatoms. The molecule has 0 fully saturated rings. The summed E-state index contributed by atoms with van der Waals surface area (Å²) in [6, 6.07) is 10.1. The van der Waals surface area contributed by atoms with Crippen molar-refractivity contribution in [3.63, 3.8) is 0 Å². The van der Waals surface area contributed by atoms with E-state index in [4.69, 9.17) is 4.74 Å². The second-order valence-corrected chi connectivity index (χ2v) is 6.97. The van der Waals surface area contributed by atoms with Crippen LogP contribution in [0, 0.1) is 10.1 Å². The Bertz CT molecular complexity index is 573. The van der Waals surface area contributed by atoms with Gasteiger partial charge in [-0.15, -0.1) is 10.1 Å². The van der Waals surface area contributed by atoms with Crippen molar-refractivity contribution < 1.29 is 29.0 Å². The highest BCUT2D eigenvalue weighted by Gasteiger charge is 2.17. The zero-order chi connectivity index (χ0) is 21.4. The molecule has 1 amide bonds. The molecule has 158 valence electrons. The molecule has 0 saturated heterocycles. The molecule has 0 radical (unpaired) electrons. The van der Waals surface area contributed by atoms with Gasteiger partial charge in [-0.1, -0.05) is 30.3 Å². The van der Waals surface area contributed by atoms with Crippen LogP contribution < -0.4 is 5.32 Å². The predicted octanol–water partition coefficient (Wildman–Crippen LogP) is 3.29. The van der Waals surface area contributed by atoms with Gasteiger partial charge in [0.1, 0.15) is 5.60 Å². The van der Waals surface area contributed by atoms with Crippen LogP contribution in [0.15, 0.2) is 30.3 Å². The molecule has 1 N–H and O–H groups in total. The number of unbranched alkanes of at least 4 members (excludes halogenated alkanes) is 1. The van der Waals surface area contributed by atoms with Gasteiger partial charge in [-0.05, 0) is 52.5 Å². The van der Waals surface area contributed by atoms with Crippen LogP contribution >= 0.6 is 0 Å². The summed E-state index contributed by atoms with van der Waals surface area (Å²) in [4.78, 5) is 34.7. The maximum Gasteiger partial charge on any atom is 0.407 e. The maximum absolute atomic E-state index is 11.5. The van der Waals surface area contributed by atoms with Crippen LogP contribution in [-0.4, -0.2) is 42.5 Å². The van der Waals surface area contributed by atoms with Crippen LogP contribution in [0.3, 0.4) is 0 Å². The Morgan fingerprint density at radius 3 is 2.36 bits per heavy atom. The molecular weight excluding hydrogens is 368 g/mol. The van der Waals surface area contributed by atoms with Gasteiger partial charge in [0.2, 0.25) is 0 Å². The Morgan fingerprint density at radius 2 is 1.82 bits per heavy atom. The Morgan fingerprint density at radius 1 is 1.21 bits per heavy atom. The van der Waals surface area contributed by atoms with Crippen molar-refractivity contribution in [2.45, 2.75) is 58.6 Å². The zero-order valence-corrected chi connectivity index (χ0v) is 16.9. The Kier molecular flexibility index (Phi) is 12.8. The van der Waals surface area contributed by atoms with Crippen molar-refractivity contribution >= 4 is 12.6 Å². The molecule has 0 aliphatic rings. The topological polar surface area (TPSA) is 117 Å². The number of rotatable bonds is 10. The number of alkyl carbamates (subject to hydrolysis) is 1. The fourth-order valence-electron chi connectivity index (χ4n) is 2.00. The van der Waals surface area contributed by atoms with Crippen molar-refractivity contribution in [2.24, 2.45) is 0 Å². The van der Waals surface area contributed by atoms with Crippen LogP contribution in [0.4, 0.5) is 4.79 Å². The van der Waals surface area contributed by atoms with Gasteiger partial charge in [-0.25, -0.2) is 4.79 Å². The second-order valence-electron chi connectivity index (χ2n) is 6.97. The van der Waals surface area contributed by atoms with Crippen molar-refractivity contribution in [3.8, 4) is 0 Å². The SMILES string of the molecule is CC(Cc1ccccc1)NC(=O)OC(C)(C)C.O=COCCCCO[N+](=O)[O-]. The maximum atomic E-state index is 11.5. The van der Waals surface area contributed by atoms with E-state index in [1.165, 1.54) is 5.56 Å². The molecule has 0 heterocycles. The molecule has 1 unspecified atom stereocenters. The van der Waals surface area contributed by atoms with Crippen LogP contribution in [0.2, 0.25) is 0 Å². The lowest BCUT2D eigenvalue weighted by Gasteiger charge is -2.22. The molecule has 1 aromatic rings. The molecule has 0 spiro atoms. The van der Waals surface area contributed by atoms with E-state index in [1.54, 1.807) is 0 Å². The summed E-state index contributed by atoms with van der Waals surface area (Å²) < 4.78 is 9.53. The number of nitrogens with one attached hydrogen (secondary N) is 1. The minimum Gasteiger partial charge on any atom is -0.468 e. The minimum absolute atomic E-state index is 0.0508. The standard InChI is InChI=1S/C14H21NO2.C5H9NO5/c1-11(10-12-8-6-5-7-9-12)15-13(16)17-14(2,3)4;7-5-10-3-1-2-4-11-6(8)9/h5-9,11H,10H2,1-4H3,(H,15,16);5H,1-4H2. The first kappa shape index (κ1) is 25.2. The van der Waals surface area contributed by atoms with Crippen LogP contribution in [0.25, 0.3) is 0 Å². The number of ether oxygens (including phenoxy) is 2. The summed E-state index contributed by atoms with van der Waals surface area (Å²) >= 11 is 0. The van der Waals surface area contributed by atoms with Gasteiger partial charge in [0.15, 0.2) is 0 Å². The summed E-state index contributed by atoms with van der Waals surface area (Å²) in [6.07, 6.45) is 1.53. The molecule has 0 saturated carbocycles. The molecule has 0 aliphatic heterocycles. The predicted molar refractivity (Wildman–Crippen MR) is 103 cm³/mol. The number of hydrogen-bond donors (Lipinski definition) is 1. The number of hydrogen-bond acceptors (Lipinski definition) is 7. The first-order valence-electron chi connectivity index (χ1n) is 9.00.